The smallest absolute Gasteiger partial charge is 0.255 e. The number of aromatic nitrogens is 2. The van der Waals surface area contributed by atoms with Gasteiger partial charge in [0.15, 0.2) is 0 Å². The Kier molecular flexibility index (Phi) is 6.98. The van der Waals surface area contributed by atoms with Gasteiger partial charge < -0.3 is 14.5 Å². The summed E-state index contributed by atoms with van der Waals surface area (Å²) in [6.07, 6.45) is 5.62. The van der Waals surface area contributed by atoms with E-state index in [2.05, 4.69) is 22.1 Å². The summed E-state index contributed by atoms with van der Waals surface area (Å²) in [6, 6.07) is 15.4. The largest absolute Gasteiger partial charge is 0.481 e. The average Bonchev–Trinajstić information content (AvgIpc) is 3.03. The summed E-state index contributed by atoms with van der Waals surface area (Å²) in [5, 5.41) is 0. The van der Waals surface area contributed by atoms with Crippen molar-refractivity contribution in [3.05, 3.63) is 78.2 Å². The Morgan fingerprint density at radius 2 is 1.88 bits per heavy atom. The van der Waals surface area contributed by atoms with E-state index < -0.39 is 0 Å². The van der Waals surface area contributed by atoms with Gasteiger partial charge in [-0.05, 0) is 48.2 Å². The van der Waals surface area contributed by atoms with E-state index in [4.69, 9.17) is 4.74 Å². The lowest BCUT2D eigenvalue weighted by Crippen LogP contribution is -2.38. The molecule has 33 heavy (non-hydrogen) atoms. The minimum Gasteiger partial charge on any atom is -0.481 e. The van der Waals surface area contributed by atoms with Gasteiger partial charge in [0, 0.05) is 50.8 Å². The zero-order chi connectivity index (χ0) is 23.2. The summed E-state index contributed by atoms with van der Waals surface area (Å²) in [6.45, 7) is 3.98. The minimum atomic E-state index is -0.328. The fourth-order valence-corrected chi connectivity index (χ4v) is 4.28. The first-order chi connectivity index (χ1) is 16.1. The molecule has 1 aliphatic rings. The first kappa shape index (κ1) is 22.5. The summed E-state index contributed by atoms with van der Waals surface area (Å²) in [7, 11) is 1.54. The van der Waals surface area contributed by atoms with Gasteiger partial charge in [-0.3, -0.25) is 14.6 Å². The molecule has 2 amide bonds. The molecule has 0 radical (unpaired) electrons. The molecular formula is C26H28N4O3. The highest BCUT2D eigenvalue weighted by molar-refractivity contribution is 5.94. The predicted molar refractivity (Wildman–Crippen MR) is 126 cm³/mol. The van der Waals surface area contributed by atoms with E-state index in [9.17, 15) is 9.59 Å². The van der Waals surface area contributed by atoms with Gasteiger partial charge >= 0.3 is 0 Å². The van der Waals surface area contributed by atoms with Crippen LogP contribution in [0.5, 0.6) is 5.88 Å². The summed E-state index contributed by atoms with van der Waals surface area (Å²) in [5.74, 6) is 0.0967. The highest BCUT2D eigenvalue weighted by Crippen LogP contribution is 2.27. The Morgan fingerprint density at radius 1 is 1.09 bits per heavy atom. The van der Waals surface area contributed by atoms with Crippen molar-refractivity contribution in [2.24, 2.45) is 5.92 Å². The summed E-state index contributed by atoms with van der Waals surface area (Å²) in [5.41, 5.74) is 3.71. The van der Waals surface area contributed by atoms with Gasteiger partial charge in [0.25, 0.3) is 5.91 Å². The van der Waals surface area contributed by atoms with Crippen LogP contribution in [-0.4, -0.2) is 64.9 Å². The SMILES string of the molecule is CCN1CCN(C(=O)c2ccc(OC)nc2)CC(Cc2ccccc2-c2ccncc2)C1=O. The highest BCUT2D eigenvalue weighted by atomic mass is 16.5. The van der Waals surface area contributed by atoms with Gasteiger partial charge in [0.1, 0.15) is 0 Å². The van der Waals surface area contributed by atoms with E-state index in [1.165, 1.54) is 13.3 Å². The van der Waals surface area contributed by atoms with Crippen LogP contribution in [0.1, 0.15) is 22.8 Å². The van der Waals surface area contributed by atoms with Crippen molar-refractivity contribution in [2.45, 2.75) is 13.3 Å². The van der Waals surface area contributed by atoms with Crippen LogP contribution in [-0.2, 0) is 11.2 Å². The molecule has 170 valence electrons. The van der Waals surface area contributed by atoms with Gasteiger partial charge in [-0.15, -0.1) is 0 Å². The zero-order valence-corrected chi connectivity index (χ0v) is 19.0. The number of hydrogen-bond acceptors (Lipinski definition) is 5. The molecule has 0 N–H and O–H groups in total. The molecule has 1 unspecified atom stereocenters. The Bertz CT molecular complexity index is 1100. The second-order valence-electron chi connectivity index (χ2n) is 8.05. The molecule has 7 nitrogen and oxygen atoms in total. The maximum atomic E-state index is 13.4. The molecule has 0 aliphatic carbocycles. The van der Waals surface area contributed by atoms with E-state index in [-0.39, 0.29) is 17.7 Å². The number of nitrogens with zero attached hydrogens (tertiary/aromatic N) is 4. The molecule has 3 heterocycles. The Balaban J connectivity index is 1.61. The number of benzene rings is 1. The maximum Gasteiger partial charge on any atom is 0.255 e. The van der Waals surface area contributed by atoms with Crippen LogP contribution in [0.4, 0.5) is 0 Å². The number of likely N-dealkylation sites (N-methyl/N-ethyl adjacent to an activating group) is 1. The lowest BCUT2D eigenvalue weighted by atomic mass is 9.91. The first-order valence-electron chi connectivity index (χ1n) is 11.2. The van der Waals surface area contributed by atoms with Crippen LogP contribution in [0.15, 0.2) is 67.1 Å². The van der Waals surface area contributed by atoms with Gasteiger partial charge in [0.05, 0.1) is 18.6 Å². The molecule has 3 aromatic rings. The fraction of sp³-hybridized carbons (Fsp3) is 0.308. The number of rotatable bonds is 6. The molecule has 1 fully saturated rings. The third kappa shape index (κ3) is 5.03. The highest BCUT2D eigenvalue weighted by Gasteiger charge is 2.32. The number of ether oxygens (including phenoxy) is 1. The Labute approximate surface area is 194 Å². The molecule has 0 bridgehead atoms. The van der Waals surface area contributed by atoms with Crippen molar-refractivity contribution >= 4 is 11.8 Å². The monoisotopic (exact) mass is 444 g/mol. The lowest BCUT2D eigenvalue weighted by molar-refractivity contribution is -0.134. The normalized spacial score (nSPS) is 16.4. The van der Waals surface area contributed by atoms with Crippen LogP contribution >= 0.6 is 0 Å². The second-order valence-corrected chi connectivity index (χ2v) is 8.05. The van der Waals surface area contributed by atoms with Crippen LogP contribution in [0.2, 0.25) is 0 Å². The van der Waals surface area contributed by atoms with E-state index in [0.29, 0.717) is 44.0 Å². The quantitative estimate of drug-likeness (QED) is 0.583. The van der Waals surface area contributed by atoms with Crippen molar-refractivity contribution in [3.8, 4) is 17.0 Å². The van der Waals surface area contributed by atoms with Crippen LogP contribution < -0.4 is 4.74 Å². The number of pyridine rings is 2. The molecule has 0 saturated carbocycles. The number of hydrogen-bond donors (Lipinski definition) is 0. The van der Waals surface area contributed by atoms with Crippen LogP contribution in [0.25, 0.3) is 11.1 Å². The summed E-state index contributed by atoms with van der Waals surface area (Å²) >= 11 is 0. The average molecular weight is 445 g/mol. The first-order valence-corrected chi connectivity index (χ1v) is 11.2. The van der Waals surface area contributed by atoms with Crippen molar-refractivity contribution in [1.82, 2.24) is 19.8 Å². The van der Waals surface area contributed by atoms with Crippen molar-refractivity contribution in [3.63, 3.8) is 0 Å². The van der Waals surface area contributed by atoms with Crippen molar-refractivity contribution in [2.75, 3.05) is 33.3 Å². The molecule has 1 atom stereocenters. The number of methoxy groups -OCH3 is 1. The number of amides is 2. The lowest BCUT2D eigenvalue weighted by Gasteiger charge is -2.24. The minimum absolute atomic E-state index is 0.0881. The standard InChI is InChI=1S/C26H28N4O3/c1-3-29-14-15-30(25(31)21-8-9-24(33-2)28-17-21)18-22(26(29)32)16-20-6-4-5-7-23(20)19-10-12-27-13-11-19/h4-13,17,22H,3,14-16,18H2,1-2H3. The molecule has 1 aromatic carbocycles. The predicted octanol–water partition coefficient (Wildman–Crippen LogP) is 3.32. The molecule has 4 rings (SSSR count). The number of carbonyl (C=O) groups excluding carboxylic acids is 2. The molecule has 7 heteroatoms. The van der Waals surface area contributed by atoms with Crippen LogP contribution in [0, 0.1) is 5.92 Å². The summed E-state index contributed by atoms with van der Waals surface area (Å²) in [4.78, 5) is 38.5. The molecular weight excluding hydrogens is 416 g/mol. The van der Waals surface area contributed by atoms with Gasteiger partial charge in [-0.2, -0.15) is 0 Å². The van der Waals surface area contributed by atoms with E-state index in [1.807, 2.05) is 36.1 Å². The maximum absolute atomic E-state index is 13.4. The Morgan fingerprint density at radius 3 is 2.58 bits per heavy atom. The van der Waals surface area contributed by atoms with Gasteiger partial charge in [-0.1, -0.05) is 24.3 Å². The van der Waals surface area contributed by atoms with Gasteiger partial charge in [-0.25, -0.2) is 4.98 Å². The zero-order valence-electron chi connectivity index (χ0n) is 19.0. The van der Waals surface area contributed by atoms with E-state index in [0.717, 1.165) is 16.7 Å². The topological polar surface area (TPSA) is 75.6 Å². The van der Waals surface area contributed by atoms with Crippen molar-refractivity contribution < 1.29 is 14.3 Å². The Hall–Kier alpha value is -3.74. The third-order valence-electron chi connectivity index (χ3n) is 6.08. The van der Waals surface area contributed by atoms with E-state index >= 15 is 0 Å². The third-order valence-corrected chi connectivity index (χ3v) is 6.08. The second kappa shape index (κ2) is 10.3. The molecule has 0 spiro atoms. The molecule has 1 aliphatic heterocycles. The van der Waals surface area contributed by atoms with Gasteiger partial charge in [0.2, 0.25) is 11.8 Å². The molecule has 2 aromatic heterocycles. The number of carbonyl (C=O) groups is 2. The van der Waals surface area contributed by atoms with Crippen molar-refractivity contribution in [1.29, 1.82) is 0 Å². The summed E-state index contributed by atoms with van der Waals surface area (Å²) < 4.78 is 5.10. The fourth-order valence-electron chi connectivity index (χ4n) is 4.28. The molecule has 1 saturated heterocycles. The van der Waals surface area contributed by atoms with E-state index in [1.54, 1.807) is 29.4 Å². The van der Waals surface area contributed by atoms with Crippen LogP contribution in [0.3, 0.4) is 0 Å².